The topological polar surface area (TPSA) is 108 Å². The first-order chi connectivity index (χ1) is 21.4. The minimum absolute atomic E-state index is 0.223. The van der Waals surface area contributed by atoms with Crippen molar-refractivity contribution in [2.45, 2.75) is 13.8 Å². The lowest BCUT2D eigenvalue weighted by Gasteiger charge is -2.15. The van der Waals surface area contributed by atoms with Gasteiger partial charge in [-0.3, -0.25) is 9.59 Å². The van der Waals surface area contributed by atoms with Crippen molar-refractivity contribution in [3.8, 4) is 23.1 Å². The molecule has 0 fully saturated rings. The van der Waals surface area contributed by atoms with E-state index >= 15 is 0 Å². The number of anilines is 1. The summed E-state index contributed by atoms with van der Waals surface area (Å²) in [7, 11) is 0. The average molecular weight is 652 g/mol. The van der Waals surface area contributed by atoms with Crippen molar-refractivity contribution in [3.05, 3.63) is 117 Å². The second-order valence-electron chi connectivity index (χ2n) is 9.93. The largest absolute Gasteiger partial charge is 0.490 e. The summed E-state index contributed by atoms with van der Waals surface area (Å²) < 4.78 is 19.5. The first-order valence-electron chi connectivity index (χ1n) is 13.9. The maximum Gasteiger partial charge on any atom is 0.282 e. The molecule has 9 nitrogen and oxygen atoms in total. The quantitative estimate of drug-likeness (QED) is 0.166. The number of aryl methyl sites for hydroxylation is 1. The second-order valence-corrected chi connectivity index (χ2v) is 10.8. The molecule has 0 saturated carbocycles. The number of rotatable bonds is 9. The van der Waals surface area contributed by atoms with Gasteiger partial charge < -0.3 is 19.2 Å². The summed E-state index contributed by atoms with van der Waals surface area (Å²) in [5.41, 5.74) is 3.27. The number of benzene rings is 4. The highest BCUT2D eigenvalue weighted by Crippen LogP contribution is 2.37. The van der Waals surface area contributed by atoms with E-state index in [4.69, 9.17) is 18.9 Å². The number of amides is 1. The molecule has 1 N–H and O–H groups in total. The van der Waals surface area contributed by atoms with E-state index in [0.29, 0.717) is 56.1 Å². The highest BCUT2D eigenvalue weighted by atomic mass is 79.9. The molecule has 10 heteroatoms. The molecular formula is C34H27BrN4O5. The maximum absolute atomic E-state index is 13.6. The van der Waals surface area contributed by atoms with Crippen LogP contribution in [0.4, 0.5) is 5.69 Å². The van der Waals surface area contributed by atoms with E-state index in [9.17, 15) is 9.59 Å². The van der Waals surface area contributed by atoms with Crippen molar-refractivity contribution in [1.29, 1.82) is 0 Å². The number of hydrogen-bond acceptors (Lipinski definition) is 7. The summed E-state index contributed by atoms with van der Waals surface area (Å²) >= 11 is 3.54. The van der Waals surface area contributed by atoms with Crippen LogP contribution in [0.1, 0.15) is 18.1 Å². The number of carbonyl (C=O) groups excluding carboxylic acids is 1. The highest BCUT2D eigenvalue weighted by molar-refractivity contribution is 9.10. The van der Waals surface area contributed by atoms with Crippen LogP contribution in [-0.4, -0.2) is 35.0 Å². The number of nitrogens with one attached hydrogen (secondary N) is 1. The number of halogens is 1. The van der Waals surface area contributed by atoms with Gasteiger partial charge in [-0.15, -0.1) is 0 Å². The van der Waals surface area contributed by atoms with Crippen LogP contribution in [0.3, 0.4) is 0 Å². The summed E-state index contributed by atoms with van der Waals surface area (Å²) in [5, 5.41) is 8.67. The SMILES string of the molecule is CCOc1cc(C=Nn2c(-c3cc4ccccc4o3)nc3ccccc3c2=O)cc(Br)c1OCC(=O)Nc1ccc(C)cc1. The molecule has 0 aliphatic rings. The Morgan fingerprint density at radius 1 is 1.02 bits per heavy atom. The molecule has 0 bridgehead atoms. The van der Waals surface area contributed by atoms with Crippen LogP contribution >= 0.6 is 15.9 Å². The van der Waals surface area contributed by atoms with Crippen molar-refractivity contribution >= 4 is 55.6 Å². The van der Waals surface area contributed by atoms with Gasteiger partial charge >= 0.3 is 0 Å². The first-order valence-corrected chi connectivity index (χ1v) is 14.7. The number of fused-ring (bicyclic) bond motifs is 2. The third kappa shape index (κ3) is 6.11. The second kappa shape index (κ2) is 12.6. The van der Waals surface area contributed by atoms with E-state index < -0.39 is 0 Å². The number of hydrogen-bond donors (Lipinski definition) is 1. The lowest BCUT2D eigenvalue weighted by Crippen LogP contribution is -2.20. The number of furan rings is 1. The monoisotopic (exact) mass is 650 g/mol. The molecule has 2 aromatic heterocycles. The van der Waals surface area contributed by atoms with Gasteiger partial charge in [0, 0.05) is 11.1 Å². The molecule has 0 spiro atoms. The predicted octanol–water partition coefficient (Wildman–Crippen LogP) is 7.18. The third-order valence-corrected chi connectivity index (χ3v) is 7.33. The van der Waals surface area contributed by atoms with Crippen LogP contribution < -0.4 is 20.3 Å². The van der Waals surface area contributed by atoms with Gasteiger partial charge in [-0.05, 0) is 83.9 Å². The van der Waals surface area contributed by atoms with Crippen molar-refractivity contribution in [1.82, 2.24) is 9.66 Å². The molecule has 4 aromatic carbocycles. The maximum atomic E-state index is 13.6. The van der Waals surface area contributed by atoms with Gasteiger partial charge in [0.15, 0.2) is 23.9 Å². The molecule has 1 amide bonds. The average Bonchev–Trinajstić information content (AvgIpc) is 3.46. The van der Waals surface area contributed by atoms with Crippen LogP contribution in [0.15, 0.2) is 110 Å². The number of para-hydroxylation sites is 2. The van der Waals surface area contributed by atoms with Crippen molar-refractivity contribution in [2.24, 2.45) is 5.10 Å². The van der Waals surface area contributed by atoms with Gasteiger partial charge in [-0.2, -0.15) is 9.78 Å². The van der Waals surface area contributed by atoms with Crippen molar-refractivity contribution < 1.29 is 18.7 Å². The first kappa shape index (κ1) is 28.9. The van der Waals surface area contributed by atoms with Crippen LogP contribution in [0.5, 0.6) is 11.5 Å². The van der Waals surface area contributed by atoms with E-state index in [0.717, 1.165) is 10.9 Å². The zero-order chi connectivity index (χ0) is 30.6. The number of carbonyl (C=O) groups is 1. The van der Waals surface area contributed by atoms with Crippen molar-refractivity contribution in [3.63, 3.8) is 0 Å². The Kier molecular flexibility index (Phi) is 8.25. The summed E-state index contributed by atoms with van der Waals surface area (Å²) in [6.45, 7) is 3.97. The molecule has 2 heterocycles. The van der Waals surface area contributed by atoms with E-state index in [-0.39, 0.29) is 23.9 Å². The Hall–Kier alpha value is -5.22. The number of nitrogens with zero attached hydrogens (tertiary/aromatic N) is 3. The normalized spacial score (nSPS) is 11.3. The molecule has 0 aliphatic heterocycles. The van der Waals surface area contributed by atoms with Gasteiger partial charge in [0.2, 0.25) is 5.82 Å². The Morgan fingerprint density at radius 2 is 1.80 bits per heavy atom. The fraction of sp³-hybridized carbons (Fsp3) is 0.118. The Bertz CT molecular complexity index is 2050. The molecule has 220 valence electrons. The van der Waals surface area contributed by atoms with Crippen LogP contribution in [0, 0.1) is 6.92 Å². The van der Waals surface area contributed by atoms with E-state index in [1.165, 1.54) is 10.9 Å². The van der Waals surface area contributed by atoms with Gasteiger partial charge in [0.1, 0.15) is 5.58 Å². The standard InChI is InChI=1S/C34H27BrN4O5/c1-3-42-29-17-22(16-26(35)32(29)43-20-31(40)37-24-14-12-21(2)13-15-24)19-36-39-33(30-18-23-8-4-7-11-28(23)44-30)38-27-10-6-5-9-25(27)34(39)41/h4-19H,3,20H2,1-2H3,(H,37,40). The van der Waals surface area contributed by atoms with E-state index in [2.05, 4.69) is 26.3 Å². The molecule has 0 radical (unpaired) electrons. The van der Waals surface area contributed by atoms with E-state index in [1.807, 2.05) is 74.5 Å². The molecule has 44 heavy (non-hydrogen) atoms. The minimum Gasteiger partial charge on any atom is -0.490 e. The predicted molar refractivity (Wildman–Crippen MR) is 175 cm³/mol. The zero-order valence-corrected chi connectivity index (χ0v) is 25.5. The number of ether oxygens (including phenoxy) is 2. The molecule has 6 aromatic rings. The summed E-state index contributed by atoms with van der Waals surface area (Å²) in [5.74, 6) is 1.15. The van der Waals surface area contributed by atoms with E-state index in [1.54, 1.807) is 30.3 Å². The smallest absolute Gasteiger partial charge is 0.282 e. The molecule has 6 rings (SSSR count). The molecule has 0 unspecified atom stereocenters. The van der Waals surface area contributed by atoms with Crippen LogP contribution in [0.25, 0.3) is 33.5 Å². The fourth-order valence-corrected chi connectivity index (χ4v) is 5.22. The summed E-state index contributed by atoms with van der Waals surface area (Å²) in [4.78, 5) is 30.9. The van der Waals surface area contributed by atoms with Gasteiger partial charge in [0.05, 0.1) is 28.2 Å². The molecular weight excluding hydrogens is 624 g/mol. The lowest BCUT2D eigenvalue weighted by atomic mass is 10.2. The van der Waals surface area contributed by atoms with Gasteiger partial charge in [-0.25, -0.2) is 4.98 Å². The lowest BCUT2D eigenvalue weighted by molar-refractivity contribution is -0.118. The zero-order valence-electron chi connectivity index (χ0n) is 23.9. The fourth-order valence-electron chi connectivity index (χ4n) is 4.64. The van der Waals surface area contributed by atoms with Gasteiger partial charge in [-0.1, -0.05) is 48.0 Å². The third-order valence-electron chi connectivity index (χ3n) is 6.74. The Morgan fingerprint density at radius 3 is 2.59 bits per heavy atom. The summed E-state index contributed by atoms with van der Waals surface area (Å²) in [6.07, 6.45) is 1.53. The highest BCUT2D eigenvalue weighted by Gasteiger charge is 2.17. The molecule has 0 aliphatic carbocycles. The van der Waals surface area contributed by atoms with Gasteiger partial charge in [0.25, 0.3) is 11.5 Å². The molecule has 0 atom stereocenters. The van der Waals surface area contributed by atoms with Crippen LogP contribution in [-0.2, 0) is 4.79 Å². The van der Waals surface area contributed by atoms with Crippen molar-refractivity contribution in [2.75, 3.05) is 18.5 Å². The Labute approximate surface area is 260 Å². The van der Waals surface area contributed by atoms with Crippen LogP contribution in [0.2, 0.25) is 0 Å². The Balaban J connectivity index is 1.32. The molecule has 0 saturated heterocycles. The minimum atomic E-state index is -0.342. The number of aromatic nitrogens is 2. The summed E-state index contributed by atoms with van der Waals surface area (Å²) in [6, 6.07) is 27.5.